The van der Waals surface area contributed by atoms with Crippen LogP contribution in [0.15, 0.2) is 84.9 Å². The number of aromatic amines is 1. The lowest BCUT2D eigenvalue weighted by Gasteiger charge is -2.13. The Balaban J connectivity index is 1.22. The van der Waals surface area contributed by atoms with E-state index in [0.717, 1.165) is 54.0 Å². The second kappa shape index (κ2) is 9.25. The van der Waals surface area contributed by atoms with E-state index in [1.54, 1.807) is 24.3 Å². The number of H-pyrrole nitrogens is 1. The number of imide groups is 1. The van der Waals surface area contributed by atoms with E-state index < -0.39 is 0 Å². The van der Waals surface area contributed by atoms with Gasteiger partial charge in [0.05, 0.1) is 22.5 Å². The van der Waals surface area contributed by atoms with E-state index in [2.05, 4.69) is 29.2 Å². The molecule has 2 amide bonds. The normalized spacial score (nSPS) is 12.9. The summed E-state index contributed by atoms with van der Waals surface area (Å²) in [6.07, 6.45) is 3.44. The summed E-state index contributed by atoms with van der Waals surface area (Å²) in [6.45, 7) is 0.453. The highest BCUT2D eigenvalue weighted by Crippen LogP contribution is 2.30. The van der Waals surface area contributed by atoms with Gasteiger partial charge >= 0.3 is 0 Å². The van der Waals surface area contributed by atoms with Gasteiger partial charge in [-0.1, -0.05) is 79.2 Å². The topological polar surface area (TPSA) is 66.1 Å². The number of unbranched alkanes of at least 4 members (excludes halogenated alkanes) is 2. The van der Waals surface area contributed by atoms with Crippen molar-refractivity contribution in [2.24, 2.45) is 0 Å². The number of carbonyl (C=O) groups is 2. The molecule has 1 aliphatic heterocycles. The average Bonchev–Trinajstić information content (AvgIpc) is 3.40. The molecule has 5 rings (SSSR count). The first kappa shape index (κ1) is 20.9. The second-order valence-electron chi connectivity index (χ2n) is 8.26. The van der Waals surface area contributed by atoms with Crippen LogP contribution in [0.1, 0.15) is 45.8 Å². The molecular weight excluding hydrogens is 410 g/mol. The van der Waals surface area contributed by atoms with Gasteiger partial charge in [-0.25, -0.2) is 4.98 Å². The van der Waals surface area contributed by atoms with Gasteiger partial charge in [0.2, 0.25) is 0 Å². The molecule has 33 heavy (non-hydrogen) atoms. The summed E-state index contributed by atoms with van der Waals surface area (Å²) in [6, 6.07) is 27.5. The fraction of sp³-hybridized carbons (Fsp3) is 0.179. The molecule has 0 bridgehead atoms. The van der Waals surface area contributed by atoms with Crippen molar-refractivity contribution >= 4 is 11.8 Å². The molecule has 5 heteroatoms. The lowest BCUT2D eigenvalue weighted by Crippen LogP contribution is -2.30. The Morgan fingerprint density at radius 3 is 1.88 bits per heavy atom. The van der Waals surface area contributed by atoms with Crippen LogP contribution in [0, 0.1) is 0 Å². The predicted octanol–water partition coefficient (Wildman–Crippen LogP) is 5.75. The summed E-state index contributed by atoms with van der Waals surface area (Å²) in [5.74, 6) is 0.594. The largest absolute Gasteiger partial charge is 0.341 e. The number of rotatable bonds is 8. The van der Waals surface area contributed by atoms with Gasteiger partial charge in [-0.05, 0) is 25.0 Å². The summed E-state index contributed by atoms with van der Waals surface area (Å²) in [7, 11) is 0. The fourth-order valence-corrected chi connectivity index (χ4v) is 4.34. The number of aryl methyl sites for hydroxylation is 1. The first-order chi connectivity index (χ1) is 16.2. The summed E-state index contributed by atoms with van der Waals surface area (Å²) in [5.41, 5.74) is 5.22. The van der Waals surface area contributed by atoms with Crippen LogP contribution < -0.4 is 0 Å². The molecule has 164 valence electrons. The van der Waals surface area contributed by atoms with Crippen molar-refractivity contribution in [1.82, 2.24) is 14.9 Å². The summed E-state index contributed by atoms with van der Waals surface area (Å²) >= 11 is 0. The van der Waals surface area contributed by atoms with Crippen molar-refractivity contribution in [3.63, 3.8) is 0 Å². The Hall–Kier alpha value is -3.99. The van der Waals surface area contributed by atoms with Crippen molar-refractivity contribution in [3.8, 4) is 22.5 Å². The van der Waals surface area contributed by atoms with Gasteiger partial charge in [-0.15, -0.1) is 0 Å². The Morgan fingerprint density at radius 1 is 0.667 bits per heavy atom. The number of hydrogen-bond acceptors (Lipinski definition) is 3. The number of hydrogen-bond donors (Lipinski definition) is 1. The number of nitrogens with zero attached hydrogens (tertiary/aromatic N) is 2. The Morgan fingerprint density at radius 2 is 1.24 bits per heavy atom. The van der Waals surface area contributed by atoms with Gasteiger partial charge in [0.15, 0.2) is 0 Å². The molecule has 1 aromatic heterocycles. The summed E-state index contributed by atoms with van der Waals surface area (Å²) < 4.78 is 0. The minimum Gasteiger partial charge on any atom is -0.341 e. The number of amides is 2. The average molecular weight is 436 g/mol. The van der Waals surface area contributed by atoms with Gasteiger partial charge in [0.25, 0.3) is 11.8 Å². The molecule has 3 aromatic carbocycles. The van der Waals surface area contributed by atoms with Gasteiger partial charge in [-0.3, -0.25) is 14.5 Å². The number of nitrogens with one attached hydrogen (secondary N) is 1. The maximum absolute atomic E-state index is 12.5. The van der Waals surface area contributed by atoms with Gasteiger partial charge in [0, 0.05) is 24.1 Å². The zero-order valence-electron chi connectivity index (χ0n) is 18.3. The van der Waals surface area contributed by atoms with Crippen molar-refractivity contribution < 1.29 is 9.59 Å². The van der Waals surface area contributed by atoms with Crippen LogP contribution in [0.3, 0.4) is 0 Å². The molecule has 0 fully saturated rings. The molecular formula is C28H25N3O2. The van der Waals surface area contributed by atoms with Crippen LogP contribution in [0.4, 0.5) is 0 Å². The molecule has 0 spiro atoms. The van der Waals surface area contributed by atoms with Gasteiger partial charge in [0.1, 0.15) is 5.82 Å². The third kappa shape index (κ3) is 4.22. The van der Waals surface area contributed by atoms with Crippen molar-refractivity contribution in [2.75, 3.05) is 6.54 Å². The first-order valence-corrected chi connectivity index (χ1v) is 11.4. The monoisotopic (exact) mass is 435 g/mol. The molecule has 1 N–H and O–H groups in total. The number of benzene rings is 3. The zero-order chi connectivity index (χ0) is 22.6. The van der Waals surface area contributed by atoms with Crippen LogP contribution in [-0.4, -0.2) is 33.2 Å². The standard InChI is InChI=1S/C28H25N3O2/c32-27-22-16-9-10-17-23(22)28(33)31(27)19-11-3-8-18-24-29-25(20-12-4-1-5-13-20)26(30-24)21-14-6-2-7-15-21/h1-2,4-7,9-10,12-17H,3,8,11,18-19H2,(H,29,30). The Labute approximate surface area is 193 Å². The highest BCUT2D eigenvalue weighted by atomic mass is 16.2. The van der Waals surface area contributed by atoms with Gasteiger partial charge < -0.3 is 4.98 Å². The molecule has 0 radical (unpaired) electrons. The van der Waals surface area contributed by atoms with Crippen molar-refractivity contribution in [2.45, 2.75) is 25.7 Å². The number of aromatic nitrogens is 2. The number of fused-ring (bicyclic) bond motifs is 1. The lowest BCUT2D eigenvalue weighted by atomic mass is 10.1. The highest BCUT2D eigenvalue weighted by molar-refractivity contribution is 6.21. The fourth-order valence-electron chi connectivity index (χ4n) is 4.34. The zero-order valence-corrected chi connectivity index (χ0v) is 18.3. The van der Waals surface area contributed by atoms with E-state index in [1.165, 1.54) is 4.90 Å². The minimum atomic E-state index is -0.179. The molecule has 0 saturated carbocycles. The van der Waals surface area contributed by atoms with Crippen molar-refractivity contribution in [3.05, 3.63) is 102 Å². The molecule has 0 unspecified atom stereocenters. The van der Waals surface area contributed by atoms with E-state index in [4.69, 9.17) is 4.98 Å². The van der Waals surface area contributed by atoms with E-state index >= 15 is 0 Å². The van der Waals surface area contributed by atoms with E-state index in [1.807, 2.05) is 36.4 Å². The molecule has 0 atom stereocenters. The predicted molar refractivity (Wildman–Crippen MR) is 129 cm³/mol. The Kier molecular flexibility index (Phi) is 5.85. The SMILES string of the molecule is O=C1c2ccccc2C(=O)N1CCCCCc1nc(-c2ccccc2)c(-c2ccccc2)[nH]1. The lowest BCUT2D eigenvalue weighted by molar-refractivity contribution is 0.0651. The smallest absolute Gasteiger partial charge is 0.261 e. The summed E-state index contributed by atoms with van der Waals surface area (Å²) in [4.78, 5) is 34.8. The van der Waals surface area contributed by atoms with Crippen LogP contribution in [0.2, 0.25) is 0 Å². The maximum Gasteiger partial charge on any atom is 0.261 e. The third-order valence-corrected chi connectivity index (χ3v) is 6.04. The molecule has 1 aliphatic rings. The second-order valence-corrected chi connectivity index (χ2v) is 8.26. The van der Waals surface area contributed by atoms with Gasteiger partial charge in [-0.2, -0.15) is 0 Å². The molecule has 2 heterocycles. The molecule has 5 nitrogen and oxygen atoms in total. The Bertz CT molecular complexity index is 1190. The summed E-state index contributed by atoms with van der Waals surface area (Å²) in [5, 5.41) is 0. The quantitative estimate of drug-likeness (QED) is 0.283. The van der Waals surface area contributed by atoms with E-state index in [0.29, 0.717) is 17.7 Å². The molecule has 0 aliphatic carbocycles. The van der Waals surface area contributed by atoms with E-state index in [-0.39, 0.29) is 11.8 Å². The van der Waals surface area contributed by atoms with Crippen LogP contribution in [0.25, 0.3) is 22.5 Å². The first-order valence-electron chi connectivity index (χ1n) is 11.4. The highest BCUT2D eigenvalue weighted by Gasteiger charge is 2.34. The number of imidazole rings is 1. The van der Waals surface area contributed by atoms with Crippen LogP contribution >= 0.6 is 0 Å². The third-order valence-electron chi connectivity index (χ3n) is 6.04. The maximum atomic E-state index is 12.5. The van der Waals surface area contributed by atoms with E-state index in [9.17, 15) is 9.59 Å². The molecule has 0 saturated heterocycles. The van der Waals surface area contributed by atoms with Crippen LogP contribution in [-0.2, 0) is 6.42 Å². The number of carbonyl (C=O) groups excluding carboxylic acids is 2. The molecule has 4 aromatic rings. The minimum absolute atomic E-state index is 0.179. The van der Waals surface area contributed by atoms with Crippen LogP contribution in [0.5, 0.6) is 0 Å². The van der Waals surface area contributed by atoms with Crippen molar-refractivity contribution in [1.29, 1.82) is 0 Å².